The molecule has 0 fully saturated rings. The first-order valence-electron chi connectivity index (χ1n) is 10.00. The average Bonchev–Trinajstić information content (AvgIpc) is 2.76. The van der Waals surface area contributed by atoms with Crippen LogP contribution in [0.25, 0.3) is 16.9 Å². The second-order valence-electron chi connectivity index (χ2n) is 7.67. The minimum atomic E-state index is -5.98. The Morgan fingerprint density at radius 1 is 1.17 bits per heavy atom. The lowest BCUT2D eigenvalue weighted by Crippen LogP contribution is -2.27. The molecule has 0 N–H and O–H groups in total. The van der Waals surface area contributed by atoms with Crippen molar-refractivity contribution < 1.29 is 39.3 Å². The summed E-state index contributed by atoms with van der Waals surface area (Å²) in [5, 5.41) is 0. The maximum Gasteiger partial charge on any atom is 0.534 e. The molecule has 35 heavy (non-hydrogen) atoms. The van der Waals surface area contributed by atoms with E-state index in [2.05, 4.69) is 14.2 Å². The molecule has 14 heteroatoms. The number of alkyl halides is 3. The molecular formula is C21H16F5N3O5S. The van der Waals surface area contributed by atoms with Gasteiger partial charge in [0.2, 0.25) is 0 Å². The Labute approximate surface area is 194 Å². The van der Waals surface area contributed by atoms with E-state index >= 15 is 0 Å². The zero-order valence-corrected chi connectivity index (χ0v) is 18.9. The van der Waals surface area contributed by atoms with Gasteiger partial charge in [-0.2, -0.15) is 21.6 Å². The zero-order chi connectivity index (χ0) is 25.7. The Bertz CT molecular complexity index is 1530. The Balaban J connectivity index is 1.91. The first kappa shape index (κ1) is 24.6. The summed E-state index contributed by atoms with van der Waals surface area (Å²) in [6.45, 7) is 2.86. The SMILES string of the molecule is Cc1nc2c(-c3ccc(F)cc3F)nc(C3C=C(OS(=O)(=O)C(F)(F)F)OCC3)cn2c(=O)c1C. The van der Waals surface area contributed by atoms with Crippen molar-refractivity contribution in [1.29, 1.82) is 0 Å². The molecule has 1 atom stereocenters. The van der Waals surface area contributed by atoms with E-state index in [1.807, 2.05) is 0 Å². The molecule has 0 radical (unpaired) electrons. The van der Waals surface area contributed by atoms with Gasteiger partial charge in [0.25, 0.3) is 11.5 Å². The highest BCUT2D eigenvalue weighted by Crippen LogP contribution is 2.33. The minimum absolute atomic E-state index is 0.0282. The van der Waals surface area contributed by atoms with Crippen LogP contribution < -0.4 is 5.56 Å². The molecule has 0 saturated carbocycles. The van der Waals surface area contributed by atoms with E-state index in [0.717, 1.165) is 22.6 Å². The number of allylic oxidation sites excluding steroid dienone is 1. The van der Waals surface area contributed by atoms with Gasteiger partial charge < -0.3 is 8.92 Å². The summed E-state index contributed by atoms with van der Waals surface area (Å²) in [4.78, 5) is 21.6. The largest absolute Gasteiger partial charge is 0.534 e. The maximum atomic E-state index is 14.7. The Hall–Kier alpha value is -3.55. The molecule has 0 bridgehead atoms. The van der Waals surface area contributed by atoms with Gasteiger partial charge in [-0.3, -0.25) is 9.20 Å². The van der Waals surface area contributed by atoms with Gasteiger partial charge in [-0.1, -0.05) is 0 Å². The number of nitrogens with zero attached hydrogens (tertiary/aromatic N) is 3. The summed E-state index contributed by atoms with van der Waals surface area (Å²) in [6.07, 6.45) is 2.35. The molecule has 1 unspecified atom stereocenters. The fraction of sp³-hybridized carbons (Fsp3) is 0.286. The van der Waals surface area contributed by atoms with Crippen LogP contribution in [0, 0.1) is 25.5 Å². The highest BCUT2D eigenvalue weighted by Gasteiger charge is 2.49. The molecule has 0 aliphatic carbocycles. The number of rotatable bonds is 4. The van der Waals surface area contributed by atoms with Crippen molar-refractivity contribution in [3.63, 3.8) is 0 Å². The lowest BCUT2D eigenvalue weighted by molar-refractivity contribution is -0.0568. The summed E-state index contributed by atoms with van der Waals surface area (Å²) in [5.41, 5.74) is -5.80. The third kappa shape index (κ3) is 4.57. The van der Waals surface area contributed by atoms with Crippen LogP contribution in [-0.2, 0) is 19.0 Å². The maximum absolute atomic E-state index is 14.7. The molecule has 3 heterocycles. The summed E-state index contributed by atoms with van der Waals surface area (Å²) in [5.74, 6) is -3.61. The molecule has 1 aromatic carbocycles. The molecule has 1 aliphatic rings. The van der Waals surface area contributed by atoms with Gasteiger partial charge >= 0.3 is 15.6 Å². The van der Waals surface area contributed by atoms with Crippen LogP contribution in [0.4, 0.5) is 22.0 Å². The summed E-state index contributed by atoms with van der Waals surface area (Å²) >= 11 is 0. The van der Waals surface area contributed by atoms with E-state index in [1.54, 1.807) is 6.92 Å². The van der Waals surface area contributed by atoms with Gasteiger partial charge in [-0.25, -0.2) is 18.7 Å². The first-order valence-corrected chi connectivity index (χ1v) is 11.4. The van der Waals surface area contributed by atoms with Crippen molar-refractivity contribution in [2.24, 2.45) is 0 Å². The number of aromatic nitrogens is 3. The van der Waals surface area contributed by atoms with Crippen molar-refractivity contribution in [2.45, 2.75) is 31.7 Å². The summed E-state index contributed by atoms with van der Waals surface area (Å²) in [7, 11) is -5.98. The zero-order valence-electron chi connectivity index (χ0n) is 18.1. The van der Waals surface area contributed by atoms with Crippen molar-refractivity contribution in [3.8, 4) is 11.3 Å². The fourth-order valence-electron chi connectivity index (χ4n) is 3.42. The van der Waals surface area contributed by atoms with Gasteiger partial charge in [-0.05, 0) is 32.4 Å². The monoisotopic (exact) mass is 517 g/mol. The predicted molar refractivity (Wildman–Crippen MR) is 112 cm³/mol. The van der Waals surface area contributed by atoms with E-state index in [1.165, 1.54) is 13.1 Å². The van der Waals surface area contributed by atoms with Crippen LogP contribution in [0.5, 0.6) is 0 Å². The first-order chi connectivity index (χ1) is 16.3. The van der Waals surface area contributed by atoms with Crippen LogP contribution in [0.1, 0.15) is 29.3 Å². The lowest BCUT2D eigenvalue weighted by Gasteiger charge is -2.22. The van der Waals surface area contributed by atoms with Crippen molar-refractivity contribution in [2.75, 3.05) is 6.61 Å². The quantitative estimate of drug-likeness (QED) is 0.294. The van der Waals surface area contributed by atoms with Gasteiger partial charge in [0.1, 0.15) is 17.3 Å². The standard InChI is InChI=1S/C21H16F5N3O5S/c1-10-11(2)27-19-18(14-4-3-13(22)8-15(14)23)28-16(9-29(19)20(10)30)12-5-6-33-17(7-12)34-35(31,32)21(24,25)26/h3-4,7-9,12H,5-6H2,1-2H3. The minimum Gasteiger partial charge on any atom is -0.465 e. The molecule has 0 amide bonds. The topological polar surface area (TPSA) is 99.9 Å². The van der Waals surface area contributed by atoms with Crippen molar-refractivity contribution in [3.05, 3.63) is 75.4 Å². The number of hydrogen-bond acceptors (Lipinski definition) is 7. The molecule has 0 spiro atoms. The third-order valence-corrected chi connectivity index (χ3v) is 6.30. The number of hydrogen-bond donors (Lipinski definition) is 0. The second-order valence-corrected chi connectivity index (χ2v) is 9.21. The number of fused-ring (bicyclic) bond motifs is 1. The Morgan fingerprint density at radius 3 is 2.54 bits per heavy atom. The van der Waals surface area contributed by atoms with Crippen molar-refractivity contribution >= 4 is 15.8 Å². The fourth-order valence-corrected chi connectivity index (χ4v) is 3.83. The molecule has 2 aromatic heterocycles. The van der Waals surface area contributed by atoms with Gasteiger partial charge in [-0.15, -0.1) is 0 Å². The van der Waals surface area contributed by atoms with Gasteiger partial charge in [0.05, 0.1) is 12.3 Å². The predicted octanol–water partition coefficient (Wildman–Crippen LogP) is 3.86. The smallest absolute Gasteiger partial charge is 0.465 e. The van der Waals surface area contributed by atoms with Crippen LogP contribution in [0.3, 0.4) is 0 Å². The molecule has 3 aromatic rings. The van der Waals surface area contributed by atoms with Crippen LogP contribution >= 0.6 is 0 Å². The van der Waals surface area contributed by atoms with E-state index in [4.69, 9.17) is 4.74 Å². The summed E-state index contributed by atoms with van der Waals surface area (Å²) in [6, 6.07) is 2.73. The molecule has 1 aliphatic heterocycles. The number of benzene rings is 1. The number of halogens is 5. The van der Waals surface area contributed by atoms with Crippen LogP contribution in [-0.4, -0.2) is 34.9 Å². The summed E-state index contributed by atoms with van der Waals surface area (Å²) < 4.78 is 99.0. The molecule has 4 rings (SSSR count). The van der Waals surface area contributed by atoms with Gasteiger partial charge in [0, 0.05) is 41.1 Å². The number of aryl methyl sites for hydroxylation is 1. The Morgan fingerprint density at radius 2 is 1.89 bits per heavy atom. The molecule has 0 saturated heterocycles. The van der Waals surface area contributed by atoms with E-state index in [-0.39, 0.29) is 41.2 Å². The second kappa shape index (κ2) is 8.59. The molecule has 8 nitrogen and oxygen atoms in total. The van der Waals surface area contributed by atoms with Crippen LogP contribution in [0.15, 0.2) is 41.2 Å². The number of ether oxygens (including phenoxy) is 1. The average molecular weight is 517 g/mol. The third-order valence-electron chi connectivity index (χ3n) is 5.35. The highest BCUT2D eigenvalue weighted by molar-refractivity contribution is 7.87. The molecular weight excluding hydrogens is 501 g/mol. The Kier molecular flexibility index (Phi) is 6.03. The van der Waals surface area contributed by atoms with Gasteiger partial charge in [0.15, 0.2) is 5.65 Å². The van der Waals surface area contributed by atoms with E-state index < -0.39 is 44.7 Å². The van der Waals surface area contributed by atoms with Crippen molar-refractivity contribution in [1.82, 2.24) is 14.4 Å². The lowest BCUT2D eigenvalue weighted by atomic mass is 10.00. The van der Waals surface area contributed by atoms with Crippen LogP contribution in [0.2, 0.25) is 0 Å². The highest BCUT2D eigenvalue weighted by atomic mass is 32.2. The normalized spacial score (nSPS) is 16.7. The van der Waals surface area contributed by atoms with E-state index in [0.29, 0.717) is 11.8 Å². The molecule has 186 valence electrons. The van der Waals surface area contributed by atoms with E-state index in [9.17, 15) is 35.2 Å².